The number of methoxy groups -OCH3 is 2. The first kappa shape index (κ1) is 16.7. The van der Waals surface area contributed by atoms with Crippen molar-refractivity contribution >= 4 is 11.7 Å². The molecule has 122 valence electrons. The van der Waals surface area contributed by atoms with Crippen molar-refractivity contribution in [1.82, 2.24) is 4.90 Å². The molecule has 0 aliphatic carbocycles. The Kier molecular flexibility index (Phi) is 5.46. The van der Waals surface area contributed by atoms with Crippen LogP contribution in [-0.2, 0) is 0 Å². The molecule has 0 saturated carbocycles. The number of amides is 2. The third kappa shape index (κ3) is 4.16. The van der Waals surface area contributed by atoms with Crippen molar-refractivity contribution in [2.24, 2.45) is 0 Å². The van der Waals surface area contributed by atoms with Crippen molar-refractivity contribution in [2.75, 3.05) is 26.6 Å². The lowest BCUT2D eigenvalue weighted by molar-refractivity contribution is 0.208. The highest BCUT2D eigenvalue weighted by Gasteiger charge is 2.17. The number of rotatable bonds is 5. The number of hydrogen-bond donors (Lipinski definition) is 1. The fraction of sp³-hybridized carbons (Fsp3) is 0.278. The fourth-order valence-corrected chi connectivity index (χ4v) is 2.22. The molecule has 2 amide bonds. The second-order valence-corrected chi connectivity index (χ2v) is 5.23. The van der Waals surface area contributed by atoms with E-state index in [-0.39, 0.29) is 12.1 Å². The zero-order valence-corrected chi connectivity index (χ0v) is 13.9. The highest BCUT2D eigenvalue weighted by atomic mass is 16.5. The number of urea groups is 1. The minimum atomic E-state index is -0.198. The first-order valence-corrected chi connectivity index (χ1v) is 7.37. The lowest BCUT2D eigenvalue weighted by Crippen LogP contribution is -2.33. The highest BCUT2D eigenvalue weighted by molar-refractivity contribution is 5.90. The number of benzene rings is 2. The summed E-state index contributed by atoms with van der Waals surface area (Å²) in [4.78, 5) is 14.1. The van der Waals surface area contributed by atoms with Crippen LogP contribution < -0.4 is 14.8 Å². The van der Waals surface area contributed by atoms with Crippen LogP contribution in [0.2, 0.25) is 0 Å². The molecule has 0 spiro atoms. The second kappa shape index (κ2) is 7.54. The summed E-state index contributed by atoms with van der Waals surface area (Å²) in [6.45, 7) is 1.99. The molecule has 0 bridgehead atoms. The topological polar surface area (TPSA) is 50.8 Å². The number of hydrogen-bond acceptors (Lipinski definition) is 3. The van der Waals surface area contributed by atoms with Gasteiger partial charge in [0.05, 0.1) is 20.3 Å². The summed E-state index contributed by atoms with van der Waals surface area (Å²) < 4.78 is 10.4. The molecule has 0 fully saturated rings. The summed E-state index contributed by atoms with van der Waals surface area (Å²) in [5.41, 5.74) is 1.70. The van der Waals surface area contributed by atoms with E-state index in [1.165, 1.54) is 0 Å². The van der Waals surface area contributed by atoms with Gasteiger partial charge in [0, 0.05) is 30.9 Å². The van der Waals surface area contributed by atoms with Crippen molar-refractivity contribution in [2.45, 2.75) is 13.0 Å². The van der Waals surface area contributed by atoms with Gasteiger partial charge in [0.1, 0.15) is 11.5 Å². The lowest BCUT2D eigenvalue weighted by atomic mass is 10.1. The Morgan fingerprint density at radius 2 is 1.61 bits per heavy atom. The zero-order chi connectivity index (χ0) is 16.8. The third-order valence-electron chi connectivity index (χ3n) is 3.79. The van der Waals surface area contributed by atoms with Crippen LogP contribution >= 0.6 is 0 Å². The molecular formula is C18H22N2O3. The van der Waals surface area contributed by atoms with Gasteiger partial charge in [0.15, 0.2) is 0 Å². The van der Waals surface area contributed by atoms with Gasteiger partial charge in [0.2, 0.25) is 0 Å². The average molecular weight is 314 g/mol. The van der Waals surface area contributed by atoms with Gasteiger partial charge >= 0.3 is 6.03 Å². The zero-order valence-electron chi connectivity index (χ0n) is 13.9. The maximum absolute atomic E-state index is 12.5. The number of nitrogens with one attached hydrogen (secondary N) is 1. The number of carbonyl (C=O) groups is 1. The Morgan fingerprint density at radius 3 is 2.13 bits per heavy atom. The van der Waals surface area contributed by atoms with E-state index < -0.39 is 0 Å². The van der Waals surface area contributed by atoms with Crippen LogP contribution in [0, 0.1) is 0 Å². The van der Waals surface area contributed by atoms with Crippen LogP contribution in [0.1, 0.15) is 18.5 Å². The first-order valence-electron chi connectivity index (χ1n) is 7.37. The Labute approximate surface area is 136 Å². The standard InChI is InChI=1S/C18H22N2O3/c1-13(14-8-6-5-7-9-14)20(2)18(21)19-15-10-16(22-3)12-17(11-15)23-4/h5-13H,1-4H3,(H,19,21). The van der Waals surface area contributed by atoms with E-state index in [1.54, 1.807) is 44.4 Å². The van der Waals surface area contributed by atoms with Crippen molar-refractivity contribution in [3.63, 3.8) is 0 Å². The van der Waals surface area contributed by atoms with E-state index in [9.17, 15) is 4.79 Å². The van der Waals surface area contributed by atoms with Crippen LogP contribution in [0.5, 0.6) is 11.5 Å². The molecular weight excluding hydrogens is 292 g/mol. The van der Waals surface area contributed by atoms with Crippen LogP contribution in [-0.4, -0.2) is 32.2 Å². The van der Waals surface area contributed by atoms with Gasteiger partial charge in [-0.2, -0.15) is 0 Å². The molecule has 5 heteroatoms. The molecule has 1 N–H and O–H groups in total. The average Bonchev–Trinajstić information content (AvgIpc) is 2.60. The third-order valence-corrected chi connectivity index (χ3v) is 3.79. The Balaban J connectivity index is 2.12. The molecule has 0 saturated heterocycles. The predicted molar refractivity (Wildman–Crippen MR) is 91.2 cm³/mol. The minimum Gasteiger partial charge on any atom is -0.497 e. The molecule has 5 nitrogen and oxygen atoms in total. The van der Waals surface area contributed by atoms with Crippen LogP contribution in [0.25, 0.3) is 0 Å². The van der Waals surface area contributed by atoms with Gasteiger partial charge in [-0.25, -0.2) is 4.79 Å². The molecule has 0 heterocycles. The van der Waals surface area contributed by atoms with Crippen LogP contribution in [0.15, 0.2) is 48.5 Å². The van der Waals surface area contributed by atoms with E-state index in [2.05, 4.69) is 5.32 Å². The molecule has 2 rings (SSSR count). The monoisotopic (exact) mass is 314 g/mol. The maximum atomic E-state index is 12.5. The Hall–Kier alpha value is -2.69. The first-order chi connectivity index (χ1) is 11.0. The van der Waals surface area contributed by atoms with Crippen molar-refractivity contribution in [3.05, 3.63) is 54.1 Å². The molecule has 2 aromatic rings. The number of carbonyl (C=O) groups excluding carboxylic acids is 1. The Morgan fingerprint density at radius 1 is 1.04 bits per heavy atom. The summed E-state index contributed by atoms with van der Waals surface area (Å²) >= 11 is 0. The summed E-state index contributed by atoms with van der Waals surface area (Å²) in [5.74, 6) is 1.25. The number of anilines is 1. The quantitative estimate of drug-likeness (QED) is 0.910. The normalized spacial score (nSPS) is 11.5. The van der Waals surface area contributed by atoms with Gasteiger partial charge in [-0.05, 0) is 12.5 Å². The molecule has 0 aliphatic heterocycles. The smallest absolute Gasteiger partial charge is 0.322 e. The number of nitrogens with zero attached hydrogens (tertiary/aromatic N) is 1. The van der Waals surface area contributed by atoms with Gasteiger partial charge in [-0.3, -0.25) is 0 Å². The van der Waals surface area contributed by atoms with Gasteiger partial charge in [-0.1, -0.05) is 30.3 Å². The van der Waals surface area contributed by atoms with Gasteiger partial charge in [0.25, 0.3) is 0 Å². The van der Waals surface area contributed by atoms with Crippen molar-refractivity contribution in [1.29, 1.82) is 0 Å². The molecule has 23 heavy (non-hydrogen) atoms. The molecule has 2 aromatic carbocycles. The molecule has 1 unspecified atom stereocenters. The summed E-state index contributed by atoms with van der Waals surface area (Å²) in [6.07, 6.45) is 0. The largest absolute Gasteiger partial charge is 0.497 e. The van der Waals surface area contributed by atoms with E-state index >= 15 is 0 Å². The van der Waals surface area contributed by atoms with Gasteiger partial charge in [-0.15, -0.1) is 0 Å². The van der Waals surface area contributed by atoms with Crippen LogP contribution in [0.3, 0.4) is 0 Å². The lowest BCUT2D eigenvalue weighted by Gasteiger charge is -2.25. The maximum Gasteiger partial charge on any atom is 0.322 e. The molecule has 0 aromatic heterocycles. The van der Waals surface area contributed by atoms with Crippen molar-refractivity contribution in [3.8, 4) is 11.5 Å². The van der Waals surface area contributed by atoms with Crippen molar-refractivity contribution < 1.29 is 14.3 Å². The fourth-order valence-electron chi connectivity index (χ4n) is 2.22. The SMILES string of the molecule is COc1cc(NC(=O)N(C)C(C)c2ccccc2)cc(OC)c1. The second-order valence-electron chi connectivity index (χ2n) is 5.23. The highest BCUT2D eigenvalue weighted by Crippen LogP contribution is 2.26. The summed E-state index contributed by atoms with van der Waals surface area (Å²) in [7, 11) is 4.92. The Bertz CT molecular complexity index is 636. The molecule has 0 radical (unpaired) electrons. The van der Waals surface area contributed by atoms with Gasteiger partial charge < -0.3 is 19.7 Å². The minimum absolute atomic E-state index is 0.0382. The molecule has 1 atom stereocenters. The predicted octanol–water partition coefficient (Wildman–Crippen LogP) is 3.93. The molecule has 0 aliphatic rings. The van der Waals surface area contributed by atoms with E-state index in [0.29, 0.717) is 17.2 Å². The number of ether oxygens (including phenoxy) is 2. The van der Waals surface area contributed by atoms with E-state index in [0.717, 1.165) is 5.56 Å². The van der Waals surface area contributed by atoms with E-state index in [4.69, 9.17) is 9.47 Å². The van der Waals surface area contributed by atoms with Crippen LogP contribution in [0.4, 0.5) is 10.5 Å². The summed E-state index contributed by atoms with van der Waals surface area (Å²) in [6, 6.07) is 14.9. The van der Waals surface area contributed by atoms with E-state index in [1.807, 2.05) is 37.3 Å². The summed E-state index contributed by atoms with van der Waals surface area (Å²) in [5, 5.41) is 2.87.